The highest BCUT2D eigenvalue weighted by molar-refractivity contribution is 7.98. The molecule has 36 heavy (non-hydrogen) atoms. The van der Waals surface area contributed by atoms with Crippen molar-refractivity contribution in [3.63, 3.8) is 0 Å². The molecule has 7 nitrogen and oxygen atoms in total. The van der Waals surface area contributed by atoms with Crippen LogP contribution in [0.5, 0.6) is 0 Å². The lowest BCUT2D eigenvalue weighted by Crippen LogP contribution is -2.42. The Morgan fingerprint density at radius 1 is 0.889 bits per heavy atom. The molecule has 10 heteroatoms. The second-order valence-corrected chi connectivity index (χ2v) is 13.2. The zero-order valence-corrected chi connectivity index (χ0v) is 23.1. The second-order valence-electron chi connectivity index (χ2n) is 8.39. The van der Waals surface area contributed by atoms with Crippen LogP contribution in [0.2, 0.25) is 0 Å². The molecule has 3 aromatic rings. The maximum absolute atomic E-state index is 13.6. The molecule has 0 saturated heterocycles. The minimum atomic E-state index is -4.02. The van der Waals surface area contributed by atoms with Gasteiger partial charge in [0.1, 0.15) is 6.54 Å². The van der Waals surface area contributed by atoms with Crippen molar-refractivity contribution in [2.75, 3.05) is 23.4 Å². The summed E-state index contributed by atoms with van der Waals surface area (Å²) in [7, 11) is -7.35. The Kier molecular flexibility index (Phi) is 8.86. The van der Waals surface area contributed by atoms with E-state index in [1.807, 2.05) is 20.1 Å². The summed E-state index contributed by atoms with van der Waals surface area (Å²) in [6.07, 6.45) is 3.58. The summed E-state index contributed by atoms with van der Waals surface area (Å²) in [5, 5.41) is 2.90. The summed E-state index contributed by atoms with van der Waals surface area (Å²) in [4.78, 5) is 14.3. The van der Waals surface area contributed by atoms with E-state index in [0.717, 1.165) is 26.6 Å². The molecule has 192 valence electrons. The Hall–Kier alpha value is -2.82. The normalized spacial score (nSPS) is 12.7. The average molecular weight is 547 g/mol. The number of aryl methyl sites for hydroxylation is 1. The van der Waals surface area contributed by atoms with Crippen molar-refractivity contribution < 1.29 is 21.6 Å². The highest BCUT2D eigenvalue weighted by atomic mass is 32.2. The van der Waals surface area contributed by atoms with E-state index in [1.165, 1.54) is 23.9 Å². The first-order valence-corrected chi connectivity index (χ1v) is 15.8. The molecule has 3 aromatic carbocycles. The number of sulfonamides is 1. The molecular weight excluding hydrogens is 516 g/mol. The maximum Gasteiger partial charge on any atom is 0.264 e. The first kappa shape index (κ1) is 27.8. The van der Waals surface area contributed by atoms with Crippen molar-refractivity contribution in [1.29, 1.82) is 0 Å². The van der Waals surface area contributed by atoms with E-state index in [-0.39, 0.29) is 9.79 Å². The zero-order chi connectivity index (χ0) is 26.5. The lowest BCUT2D eigenvalue weighted by atomic mass is 10.0. The molecule has 0 aliphatic rings. The van der Waals surface area contributed by atoms with Crippen molar-refractivity contribution in [3.8, 4) is 0 Å². The number of rotatable bonds is 10. The van der Waals surface area contributed by atoms with E-state index in [2.05, 4.69) is 5.32 Å². The summed E-state index contributed by atoms with van der Waals surface area (Å²) in [6, 6.07) is 19.4. The minimum Gasteiger partial charge on any atom is -0.348 e. The third-order valence-corrected chi connectivity index (χ3v) is 9.37. The van der Waals surface area contributed by atoms with Gasteiger partial charge in [-0.15, -0.1) is 11.8 Å². The molecule has 1 N–H and O–H groups in total. The van der Waals surface area contributed by atoms with Crippen LogP contribution in [0.3, 0.4) is 0 Å². The fraction of sp³-hybridized carbons (Fsp3) is 0.269. The number of amides is 1. The number of sulfone groups is 1. The molecule has 0 bridgehead atoms. The van der Waals surface area contributed by atoms with Gasteiger partial charge in [0.05, 0.1) is 21.5 Å². The van der Waals surface area contributed by atoms with Crippen LogP contribution >= 0.6 is 11.8 Å². The Morgan fingerprint density at radius 3 is 1.94 bits per heavy atom. The molecule has 0 aromatic heterocycles. The third kappa shape index (κ3) is 6.68. The lowest BCUT2D eigenvalue weighted by Gasteiger charge is -2.26. The van der Waals surface area contributed by atoms with Crippen LogP contribution < -0.4 is 9.62 Å². The number of hydrogen-bond donors (Lipinski definition) is 1. The number of anilines is 1. The SMILES string of the molecule is CCC(NC(=O)CN(c1ccc(C)cc1)S(=O)(=O)c1ccc(SC)cc1)c1ccc(S(C)(=O)=O)cc1. The largest absolute Gasteiger partial charge is 0.348 e. The standard InChI is InChI=1S/C26H30N2O5S3/c1-5-25(20-8-14-23(15-9-20)35(4,30)31)27-26(29)18-28(21-10-6-19(2)7-11-21)36(32,33)24-16-12-22(34-3)13-17-24/h6-17,25H,5,18H2,1-4H3,(H,27,29). The molecule has 0 spiro atoms. The molecule has 1 unspecified atom stereocenters. The number of thioether (sulfide) groups is 1. The van der Waals surface area contributed by atoms with Gasteiger partial charge in [0.15, 0.2) is 9.84 Å². The number of hydrogen-bond acceptors (Lipinski definition) is 6. The molecule has 0 radical (unpaired) electrons. The van der Waals surface area contributed by atoms with Crippen LogP contribution in [0.25, 0.3) is 0 Å². The second kappa shape index (κ2) is 11.5. The predicted octanol–water partition coefficient (Wildman–Crippen LogP) is 4.58. The highest BCUT2D eigenvalue weighted by Gasteiger charge is 2.28. The summed E-state index contributed by atoms with van der Waals surface area (Å²) in [5.74, 6) is -0.473. The molecule has 0 aliphatic carbocycles. The molecule has 1 amide bonds. The van der Waals surface area contributed by atoms with Gasteiger partial charge in [0.2, 0.25) is 5.91 Å². The van der Waals surface area contributed by atoms with Gasteiger partial charge in [-0.2, -0.15) is 0 Å². The van der Waals surface area contributed by atoms with E-state index < -0.39 is 38.4 Å². The van der Waals surface area contributed by atoms with E-state index in [9.17, 15) is 21.6 Å². The van der Waals surface area contributed by atoms with E-state index in [1.54, 1.807) is 60.7 Å². The molecule has 1 atom stereocenters. The summed E-state index contributed by atoms with van der Waals surface area (Å²) in [6.45, 7) is 3.38. The number of benzene rings is 3. The first-order chi connectivity index (χ1) is 17.0. The topological polar surface area (TPSA) is 101 Å². The number of nitrogens with one attached hydrogen (secondary N) is 1. The van der Waals surface area contributed by atoms with Crippen LogP contribution in [0.1, 0.15) is 30.5 Å². The summed E-state index contributed by atoms with van der Waals surface area (Å²) >= 11 is 1.51. The third-order valence-electron chi connectivity index (χ3n) is 5.71. The lowest BCUT2D eigenvalue weighted by molar-refractivity contribution is -0.120. The molecular formula is C26H30N2O5S3. The van der Waals surface area contributed by atoms with Gasteiger partial charge < -0.3 is 5.32 Å². The zero-order valence-electron chi connectivity index (χ0n) is 20.6. The average Bonchev–Trinajstić information content (AvgIpc) is 2.86. The monoisotopic (exact) mass is 546 g/mol. The van der Waals surface area contributed by atoms with Crippen molar-refractivity contribution in [2.45, 2.75) is 41.0 Å². The fourth-order valence-electron chi connectivity index (χ4n) is 3.64. The number of carbonyl (C=O) groups excluding carboxylic acids is 1. The van der Waals surface area contributed by atoms with Crippen molar-refractivity contribution in [3.05, 3.63) is 83.9 Å². The van der Waals surface area contributed by atoms with Crippen LogP contribution in [0.15, 0.2) is 87.5 Å². The van der Waals surface area contributed by atoms with Gasteiger partial charge in [0, 0.05) is 11.2 Å². The smallest absolute Gasteiger partial charge is 0.264 e. The summed E-state index contributed by atoms with van der Waals surface area (Å²) in [5.41, 5.74) is 2.08. The van der Waals surface area contributed by atoms with E-state index in [0.29, 0.717) is 12.1 Å². The van der Waals surface area contributed by atoms with Gasteiger partial charge in [-0.05, 0) is 73.7 Å². The maximum atomic E-state index is 13.6. The molecule has 0 aliphatic heterocycles. The molecule has 0 saturated carbocycles. The minimum absolute atomic E-state index is 0.0945. The van der Waals surface area contributed by atoms with Gasteiger partial charge in [-0.3, -0.25) is 9.10 Å². The first-order valence-electron chi connectivity index (χ1n) is 11.3. The van der Waals surface area contributed by atoms with E-state index in [4.69, 9.17) is 0 Å². The quantitative estimate of drug-likeness (QED) is 0.374. The van der Waals surface area contributed by atoms with E-state index >= 15 is 0 Å². The van der Waals surface area contributed by atoms with Crippen molar-refractivity contribution >= 4 is 43.2 Å². The Balaban J connectivity index is 1.88. The summed E-state index contributed by atoms with van der Waals surface area (Å²) < 4.78 is 51.8. The van der Waals surface area contributed by atoms with Gasteiger partial charge in [-0.1, -0.05) is 36.8 Å². The molecule has 0 heterocycles. The predicted molar refractivity (Wildman–Crippen MR) is 145 cm³/mol. The Morgan fingerprint density at radius 2 is 1.44 bits per heavy atom. The number of carbonyl (C=O) groups is 1. The van der Waals surface area contributed by atoms with Crippen LogP contribution in [0, 0.1) is 6.92 Å². The number of nitrogens with zero attached hydrogens (tertiary/aromatic N) is 1. The van der Waals surface area contributed by atoms with Crippen molar-refractivity contribution in [1.82, 2.24) is 5.32 Å². The van der Waals surface area contributed by atoms with Gasteiger partial charge in [-0.25, -0.2) is 16.8 Å². The Labute approximate surface area is 217 Å². The molecule has 3 rings (SSSR count). The van der Waals surface area contributed by atoms with Crippen LogP contribution in [-0.2, 0) is 24.7 Å². The highest BCUT2D eigenvalue weighted by Crippen LogP contribution is 2.26. The van der Waals surface area contributed by atoms with Crippen molar-refractivity contribution in [2.24, 2.45) is 0 Å². The molecule has 0 fully saturated rings. The van der Waals surface area contributed by atoms with Gasteiger partial charge in [0.25, 0.3) is 10.0 Å². The van der Waals surface area contributed by atoms with Gasteiger partial charge >= 0.3 is 0 Å². The van der Waals surface area contributed by atoms with Crippen LogP contribution in [-0.4, -0.2) is 41.8 Å². The van der Waals surface area contributed by atoms with Crippen LogP contribution in [0.4, 0.5) is 5.69 Å². The fourth-order valence-corrected chi connectivity index (χ4v) is 6.10. The Bertz CT molecular complexity index is 1400.